The number of likely N-dealkylation sites (tertiary alicyclic amines) is 1. The summed E-state index contributed by atoms with van der Waals surface area (Å²) in [7, 11) is 0. The van der Waals surface area contributed by atoms with Crippen LogP contribution in [0.3, 0.4) is 0 Å². The lowest BCUT2D eigenvalue weighted by molar-refractivity contribution is -0.0318. The van der Waals surface area contributed by atoms with Gasteiger partial charge >= 0.3 is 0 Å². The Hall–Kier alpha value is -2.04. The number of para-hydroxylation sites is 1. The van der Waals surface area contributed by atoms with Gasteiger partial charge in [-0.3, -0.25) is 4.90 Å². The summed E-state index contributed by atoms with van der Waals surface area (Å²) < 4.78 is 0. The van der Waals surface area contributed by atoms with Gasteiger partial charge in [-0.2, -0.15) is 0 Å². The number of hydrogen-bond donors (Lipinski definition) is 2. The highest BCUT2D eigenvalue weighted by atomic mass is 35.5. The van der Waals surface area contributed by atoms with E-state index in [1.807, 2.05) is 72.8 Å². The van der Waals surface area contributed by atoms with Gasteiger partial charge in [0.15, 0.2) is 0 Å². The number of nitrogens with two attached hydrogens (primary N) is 1. The van der Waals surface area contributed by atoms with Gasteiger partial charge in [-0.15, -0.1) is 0 Å². The minimum absolute atomic E-state index is 0.0740. The van der Waals surface area contributed by atoms with Crippen molar-refractivity contribution in [2.75, 3.05) is 18.8 Å². The molecule has 3 N–H and O–H groups in total. The molecule has 1 heterocycles. The van der Waals surface area contributed by atoms with Gasteiger partial charge in [0.05, 0.1) is 11.6 Å². The average molecular weight is 427 g/mol. The van der Waals surface area contributed by atoms with Crippen molar-refractivity contribution in [3.05, 3.63) is 99.5 Å². The van der Waals surface area contributed by atoms with Crippen molar-refractivity contribution in [2.24, 2.45) is 0 Å². The molecule has 0 aromatic heterocycles. The molecule has 5 heteroatoms. The molecule has 0 amide bonds. The maximum Gasteiger partial charge on any atom is 0.0940 e. The SMILES string of the molecule is Nc1ccccc1C1(O)CCN(C(c2ccccc2Cl)c2ccccc2Cl)CC1. The highest BCUT2D eigenvalue weighted by molar-refractivity contribution is 6.32. The van der Waals surface area contributed by atoms with E-state index in [2.05, 4.69) is 4.90 Å². The third-order valence-corrected chi connectivity index (χ3v) is 6.54. The fourth-order valence-electron chi connectivity index (χ4n) is 4.30. The van der Waals surface area contributed by atoms with Crippen LogP contribution in [-0.4, -0.2) is 23.1 Å². The van der Waals surface area contributed by atoms with Crippen molar-refractivity contribution >= 4 is 28.9 Å². The molecule has 4 rings (SSSR count). The van der Waals surface area contributed by atoms with Crippen LogP contribution in [0.2, 0.25) is 10.0 Å². The number of hydrogen-bond acceptors (Lipinski definition) is 3. The molecular formula is C24H24Cl2N2O. The van der Waals surface area contributed by atoms with E-state index in [0.717, 1.165) is 16.7 Å². The van der Waals surface area contributed by atoms with Crippen LogP contribution in [0, 0.1) is 0 Å². The molecule has 0 radical (unpaired) electrons. The number of halogens is 2. The highest BCUT2D eigenvalue weighted by Gasteiger charge is 2.38. The Bertz CT molecular complexity index is 954. The first-order valence-corrected chi connectivity index (χ1v) is 10.6. The van der Waals surface area contributed by atoms with Crippen molar-refractivity contribution in [1.29, 1.82) is 0 Å². The van der Waals surface area contributed by atoms with Gasteiger partial charge in [0.25, 0.3) is 0 Å². The standard InChI is InChI=1S/C24H24Cl2N2O/c25-20-10-4-1-7-17(20)23(18-8-2-5-11-21(18)26)28-15-13-24(29,14-16-28)19-9-3-6-12-22(19)27/h1-12,23,29H,13-16,27H2. The summed E-state index contributed by atoms with van der Waals surface area (Å²) in [6, 6.07) is 23.3. The molecule has 0 unspecified atom stereocenters. The first-order valence-electron chi connectivity index (χ1n) is 9.80. The lowest BCUT2D eigenvalue weighted by atomic mass is 9.82. The minimum atomic E-state index is -0.923. The quantitative estimate of drug-likeness (QED) is 0.529. The summed E-state index contributed by atoms with van der Waals surface area (Å²) in [4.78, 5) is 2.34. The van der Waals surface area contributed by atoms with Gasteiger partial charge in [0, 0.05) is 34.4 Å². The van der Waals surface area contributed by atoms with E-state index in [-0.39, 0.29) is 6.04 Å². The molecule has 3 nitrogen and oxygen atoms in total. The normalized spacial score (nSPS) is 16.8. The zero-order valence-electron chi connectivity index (χ0n) is 16.1. The van der Waals surface area contributed by atoms with Gasteiger partial charge in [0.1, 0.15) is 0 Å². The second-order valence-electron chi connectivity index (χ2n) is 7.60. The fraction of sp³-hybridized carbons (Fsp3) is 0.250. The summed E-state index contributed by atoms with van der Waals surface area (Å²) in [6.07, 6.45) is 1.18. The smallest absolute Gasteiger partial charge is 0.0940 e. The van der Waals surface area contributed by atoms with E-state index >= 15 is 0 Å². The molecular weight excluding hydrogens is 403 g/mol. The van der Waals surface area contributed by atoms with Crippen molar-refractivity contribution in [3.8, 4) is 0 Å². The number of aliphatic hydroxyl groups is 1. The van der Waals surface area contributed by atoms with E-state index in [4.69, 9.17) is 28.9 Å². The second kappa shape index (κ2) is 8.37. The van der Waals surface area contributed by atoms with Crippen LogP contribution in [0.25, 0.3) is 0 Å². The Morgan fingerprint density at radius 1 is 0.793 bits per heavy atom. The molecule has 150 valence electrons. The van der Waals surface area contributed by atoms with Crippen LogP contribution < -0.4 is 5.73 Å². The van der Waals surface area contributed by atoms with Crippen LogP contribution in [-0.2, 0) is 5.60 Å². The van der Waals surface area contributed by atoms with Crippen LogP contribution in [0.1, 0.15) is 35.6 Å². The van der Waals surface area contributed by atoms with Crippen LogP contribution >= 0.6 is 23.2 Å². The molecule has 3 aromatic rings. The first-order chi connectivity index (χ1) is 14.0. The van der Waals surface area contributed by atoms with Gasteiger partial charge in [-0.1, -0.05) is 77.8 Å². The Balaban J connectivity index is 1.67. The monoisotopic (exact) mass is 426 g/mol. The molecule has 1 aliphatic heterocycles. The van der Waals surface area contributed by atoms with Crippen LogP contribution in [0.5, 0.6) is 0 Å². The van der Waals surface area contributed by atoms with Gasteiger partial charge < -0.3 is 10.8 Å². The van der Waals surface area contributed by atoms with Crippen molar-refractivity contribution in [2.45, 2.75) is 24.5 Å². The third kappa shape index (κ3) is 4.01. The lowest BCUT2D eigenvalue weighted by Crippen LogP contribution is -2.44. The maximum absolute atomic E-state index is 11.3. The molecule has 29 heavy (non-hydrogen) atoms. The van der Waals surface area contributed by atoms with E-state index in [9.17, 15) is 5.11 Å². The first kappa shape index (κ1) is 20.2. The summed E-state index contributed by atoms with van der Waals surface area (Å²) in [5.74, 6) is 0. The summed E-state index contributed by atoms with van der Waals surface area (Å²) in [5, 5.41) is 12.7. The van der Waals surface area contributed by atoms with Crippen LogP contribution in [0.4, 0.5) is 5.69 Å². The molecule has 0 spiro atoms. The Kier molecular flexibility index (Phi) is 5.84. The molecule has 0 saturated carbocycles. The molecule has 0 atom stereocenters. The number of nitrogens with zero attached hydrogens (tertiary/aromatic N) is 1. The minimum Gasteiger partial charge on any atom is -0.398 e. The fourth-order valence-corrected chi connectivity index (χ4v) is 4.78. The van der Waals surface area contributed by atoms with Crippen LogP contribution in [0.15, 0.2) is 72.8 Å². The summed E-state index contributed by atoms with van der Waals surface area (Å²) in [5.41, 5.74) is 8.71. The van der Waals surface area contributed by atoms with Crippen molar-refractivity contribution < 1.29 is 5.11 Å². The molecule has 0 aliphatic carbocycles. The Morgan fingerprint density at radius 3 is 1.79 bits per heavy atom. The number of piperidine rings is 1. The van der Waals surface area contributed by atoms with Gasteiger partial charge in [0.2, 0.25) is 0 Å². The summed E-state index contributed by atoms with van der Waals surface area (Å²) >= 11 is 13.2. The Labute approximate surface area is 181 Å². The highest BCUT2D eigenvalue weighted by Crippen LogP contribution is 2.42. The number of nitrogen functional groups attached to an aromatic ring is 1. The number of rotatable bonds is 4. The van der Waals surface area contributed by atoms with Crippen molar-refractivity contribution in [1.82, 2.24) is 4.90 Å². The van der Waals surface area contributed by atoms with Gasteiger partial charge in [-0.25, -0.2) is 0 Å². The largest absolute Gasteiger partial charge is 0.398 e. The van der Waals surface area contributed by atoms with E-state index < -0.39 is 5.60 Å². The molecule has 0 bridgehead atoms. The number of anilines is 1. The Morgan fingerprint density at radius 2 is 1.28 bits per heavy atom. The van der Waals surface area contributed by atoms with Gasteiger partial charge in [-0.05, 0) is 42.2 Å². The lowest BCUT2D eigenvalue weighted by Gasteiger charge is -2.43. The maximum atomic E-state index is 11.3. The van der Waals surface area contributed by atoms with E-state index in [1.165, 1.54) is 0 Å². The van der Waals surface area contributed by atoms with E-state index in [1.54, 1.807) is 0 Å². The molecule has 3 aromatic carbocycles. The third-order valence-electron chi connectivity index (χ3n) is 5.85. The predicted molar refractivity (Wildman–Crippen MR) is 120 cm³/mol. The second-order valence-corrected chi connectivity index (χ2v) is 8.41. The molecule has 1 aliphatic rings. The predicted octanol–water partition coefficient (Wildman–Crippen LogP) is 5.65. The average Bonchev–Trinajstić information content (AvgIpc) is 2.72. The molecule has 1 fully saturated rings. The van der Waals surface area contributed by atoms with E-state index in [0.29, 0.717) is 41.7 Å². The number of benzene rings is 3. The zero-order chi connectivity index (χ0) is 20.4. The topological polar surface area (TPSA) is 49.5 Å². The molecule has 1 saturated heterocycles. The van der Waals surface area contributed by atoms with Crippen molar-refractivity contribution in [3.63, 3.8) is 0 Å². The zero-order valence-corrected chi connectivity index (χ0v) is 17.6. The summed E-state index contributed by atoms with van der Waals surface area (Å²) in [6.45, 7) is 1.40.